The summed E-state index contributed by atoms with van der Waals surface area (Å²) >= 11 is 0. The van der Waals surface area contributed by atoms with Crippen LogP contribution in [0.3, 0.4) is 0 Å². The average Bonchev–Trinajstić information content (AvgIpc) is 2.37. The summed E-state index contributed by atoms with van der Waals surface area (Å²) in [5.41, 5.74) is 1.01. The molecule has 0 bridgehead atoms. The van der Waals surface area contributed by atoms with Crippen LogP contribution >= 0.6 is 0 Å². The Hall–Kier alpha value is -1.09. The predicted octanol–water partition coefficient (Wildman–Crippen LogP) is 3.40. The highest BCUT2D eigenvalue weighted by atomic mass is 19.1. The minimum absolute atomic E-state index is 0.283. The van der Waals surface area contributed by atoms with E-state index in [4.69, 9.17) is 4.74 Å². The number of ether oxygens (including phenoxy) is 1. The molecule has 2 unspecified atom stereocenters. The molecule has 0 heterocycles. The third kappa shape index (κ3) is 3.98. The van der Waals surface area contributed by atoms with Crippen LogP contribution < -0.4 is 10.1 Å². The van der Waals surface area contributed by atoms with Crippen molar-refractivity contribution < 1.29 is 9.13 Å². The first-order valence-corrected chi connectivity index (χ1v) is 6.68. The van der Waals surface area contributed by atoms with Crippen LogP contribution in [0.1, 0.15) is 32.8 Å². The first-order valence-electron chi connectivity index (χ1n) is 6.68. The molecular weight excluding hydrogens is 229 g/mol. The van der Waals surface area contributed by atoms with Gasteiger partial charge in [-0.05, 0) is 36.6 Å². The molecule has 0 saturated heterocycles. The van der Waals surface area contributed by atoms with Gasteiger partial charge in [0.05, 0.1) is 7.11 Å². The lowest BCUT2D eigenvalue weighted by Gasteiger charge is -2.24. The van der Waals surface area contributed by atoms with E-state index in [2.05, 4.69) is 26.1 Å². The highest BCUT2D eigenvalue weighted by Gasteiger charge is 2.16. The Morgan fingerprint density at radius 3 is 2.56 bits per heavy atom. The maximum atomic E-state index is 13.6. The highest BCUT2D eigenvalue weighted by Crippen LogP contribution is 2.20. The van der Waals surface area contributed by atoms with Crippen molar-refractivity contribution in [2.75, 3.05) is 13.7 Å². The Bertz CT molecular complexity index is 368. The number of halogens is 1. The van der Waals surface area contributed by atoms with Crippen LogP contribution in [0.5, 0.6) is 5.75 Å². The van der Waals surface area contributed by atoms with Crippen LogP contribution in [0.2, 0.25) is 0 Å². The Labute approximate surface area is 110 Å². The van der Waals surface area contributed by atoms with E-state index in [-0.39, 0.29) is 5.82 Å². The van der Waals surface area contributed by atoms with Gasteiger partial charge in [-0.15, -0.1) is 0 Å². The van der Waals surface area contributed by atoms with Gasteiger partial charge in [0.2, 0.25) is 0 Å². The zero-order chi connectivity index (χ0) is 13.5. The van der Waals surface area contributed by atoms with E-state index in [9.17, 15) is 4.39 Å². The SMILES string of the molecule is CCNC(Cc1ccc(OC)c(F)c1)C(C)CC. The van der Waals surface area contributed by atoms with E-state index >= 15 is 0 Å². The summed E-state index contributed by atoms with van der Waals surface area (Å²) in [5.74, 6) is 0.604. The fraction of sp³-hybridized carbons (Fsp3) is 0.600. The van der Waals surface area contributed by atoms with Gasteiger partial charge < -0.3 is 10.1 Å². The molecule has 1 N–H and O–H groups in total. The van der Waals surface area contributed by atoms with Crippen molar-refractivity contribution in [3.8, 4) is 5.75 Å². The fourth-order valence-electron chi connectivity index (χ4n) is 2.11. The molecule has 0 fully saturated rings. The Morgan fingerprint density at radius 2 is 2.06 bits per heavy atom. The van der Waals surface area contributed by atoms with Gasteiger partial charge in [-0.1, -0.05) is 33.3 Å². The van der Waals surface area contributed by atoms with Crippen LogP contribution in [0.25, 0.3) is 0 Å². The molecule has 18 heavy (non-hydrogen) atoms. The van der Waals surface area contributed by atoms with E-state index in [1.165, 1.54) is 7.11 Å². The molecule has 1 aromatic carbocycles. The maximum Gasteiger partial charge on any atom is 0.165 e. The topological polar surface area (TPSA) is 21.3 Å². The standard InChI is InChI=1S/C15H24FNO/c1-5-11(3)14(17-6-2)10-12-7-8-15(18-4)13(16)9-12/h7-9,11,14,17H,5-6,10H2,1-4H3. The number of hydrogen-bond donors (Lipinski definition) is 1. The van der Waals surface area contributed by atoms with Crippen LogP contribution in [0.15, 0.2) is 18.2 Å². The molecule has 2 atom stereocenters. The van der Waals surface area contributed by atoms with Crippen molar-refractivity contribution in [1.82, 2.24) is 5.32 Å². The third-order valence-electron chi connectivity index (χ3n) is 3.47. The van der Waals surface area contributed by atoms with Gasteiger partial charge in [0.15, 0.2) is 11.6 Å². The Morgan fingerprint density at radius 1 is 1.33 bits per heavy atom. The molecule has 0 aliphatic carbocycles. The lowest BCUT2D eigenvalue weighted by Crippen LogP contribution is -2.36. The molecule has 0 aromatic heterocycles. The molecule has 0 spiro atoms. The minimum atomic E-state index is -0.283. The van der Waals surface area contributed by atoms with Gasteiger partial charge in [0, 0.05) is 6.04 Å². The predicted molar refractivity (Wildman–Crippen MR) is 73.6 cm³/mol. The third-order valence-corrected chi connectivity index (χ3v) is 3.47. The highest BCUT2D eigenvalue weighted by molar-refractivity contribution is 5.29. The van der Waals surface area contributed by atoms with E-state index in [1.807, 2.05) is 6.07 Å². The van der Waals surface area contributed by atoms with Crippen molar-refractivity contribution in [3.63, 3.8) is 0 Å². The van der Waals surface area contributed by atoms with Crippen LogP contribution in [-0.4, -0.2) is 19.7 Å². The van der Waals surface area contributed by atoms with Crippen LogP contribution in [0.4, 0.5) is 4.39 Å². The Balaban J connectivity index is 2.77. The first-order chi connectivity index (χ1) is 8.62. The van der Waals surface area contributed by atoms with Crippen molar-refractivity contribution in [3.05, 3.63) is 29.6 Å². The minimum Gasteiger partial charge on any atom is -0.494 e. The fourth-order valence-corrected chi connectivity index (χ4v) is 2.11. The van der Waals surface area contributed by atoms with E-state index in [1.54, 1.807) is 12.1 Å². The van der Waals surface area contributed by atoms with Crippen molar-refractivity contribution in [2.24, 2.45) is 5.92 Å². The molecule has 3 heteroatoms. The van der Waals surface area contributed by atoms with Gasteiger partial charge in [0.1, 0.15) is 0 Å². The van der Waals surface area contributed by atoms with Crippen molar-refractivity contribution in [1.29, 1.82) is 0 Å². The van der Waals surface area contributed by atoms with Crippen LogP contribution in [0, 0.1) is 11.7 Å². The second kappa shape index (κ2) is 7.37. The summed E-state index contributed by atoms with van der Waals surface area (Å²) in [5, 5.41) is 3.48. The monoisotopic (exact) mass is 253 g/mol. The molecule has 0 amide bonds. The smallest absolute Gasteiger partial charge is 0.165 e. The summed E-state index contributed by atoms with van der Waals surface area (Å²) in [6, 6.07) is 5.61. The maximum absolute atomic E-state index is 13.6. The molecule has 0 radical (unpaired) electrons. The zero-order valence-electron chi connectivity index (χ0n) is 11.8. The van der Waals surface area contributed by atoms with Gasteiger partial charge >= 0.3 is 0 Å². The second-order valence-electron chi connectivity index (χ2n) is 4.72. The molecule has 1 aromatic rings. The summed E-state index contributed by atoms with van der Waals surface area (Å²) in [6.07, 6.45) is 1.97. The van der Waals surface area contributed by atoms with E-state index < -0.39 is 0 Å². The summed E-state index contributed by atoms with van der Waals surface area (Å²) in [7, 11) is 1.48. The molecule has 0 aliphatic rings. The number of hydrogen-bond acceptors (Lipinski definition) is 2. The first kappa shape index (κ1) is 15.0. The lowest BCUT2D eigenvalue weighted by atomic mass is 9.93. The Kier molecular flexibility index (Phi) is 6.13. The molecule has 102 valence electrons. The number of rotatable bonds is 7. The van der Waals surface area contributed by atoms with E-state index in [0.29, 0.717) is 17.7 Å². The molecule has 2 nitrogen and oxygen atoms in total. The molecule has 1 rings (SSSR count). The number of benzene rings is 1. The molecule has 0 aliphatic heterocycles. The zero-order valence-corrected chi connectivity index (χ0v) is 11.8. The van der Waals surface area contributed by atoms with Gasteiger partial charge in [0.25, 0.3) is 0 Å². The van der Waals surface area contributed by atoms with Crippen molar-refractivity contribution >= 4 is 0 Å². The van der Waals surface area contributed by atoms with Crippen LogP contribution in [-0.2, 0) is 6.42 Å². The lowest BCUT2D eigenvalue weighted by molar-refractivity contribution is 0.368. The van der Waals surface area contributed by atoms with E-state index in [0.717, 1.165) is 24.9 Å². The molecule has 0 saturated carbocycles. The number of likely N-dealkylation sites (N-methyl/N-ethyl adjacent to an activating group) is 1. The quantitative estimate of drug-likeness (QED) is 0.804. The summed E-state index contributed by atoms with van der Waals surface area (Å²) in [4.78, 5) is 0. The van der Waals surface area contributed by atoms with Crippen molar-refractivity contribution in [2.45, 2.75) is 39.7 Å². The molecular formula is C15H24FNO. The average molecular weight is 253 g/mol. The van der Waals surface area contributed by atoms with Gasteiger partial charge in [-0.3, -0.25) is 0 Å². The summed E-state index contributed by atoms with van der Waals surface area (Å²) < 4.78 is 18.6. The normalized spacial score (nSPS) is 14.3. The largest absolute Gasteiger partial charge is 0.494 e. The number of nitrogens with one attached hydrogen (secondary N) is 1. The second-order valence-corrected chi connectivity index (χ2v) is 4.72. The number of methoxy groups -OCH3 is 1. The van der Waals surface area contributed by atoms with Gasteiger partial charge in [-0.25, -0.2) is 4.39 Å². The summed E-state index contributed by atoms with van der Waals surface area (Å²) in [6.45, 7) is 7.45. The van der Waals surface area contributed by atoms with Gasteiger partial charge in [-0.2, -0.15) is 0 Å².